The van der Waals surface area contributed by atoms with Crippen LogP contribution in [0.1, 0.15) is 93.4 Å². The standard InChI is InChI=1S/C15H31N.C2H6/c1-6-7-8-9-13-16-14(2,3)11-10-12-15(16,4)5;1-2/h6-13H2,1-5H3;1-2H3. The van der Waals surface area contributed by atoms with Crippen LogP contribution in [0.2, 0.25) is 0 Å². The second-order valence-corrected chi connectivity index (χ2v) is 6.69. The summed E-state index contributed by atoms with van der Waals surface area (Å²) in [7, 11) is 0. The molecule has 1 aliphatic rings. The predicted octanol–water partition coefficient (Wildman–Crippen LogP) is 5.64. The molecule has 0 aromatic heterocycles. The molecule has 0 N–H and O–H groups in total. The lowest BCUT2D eigenvalue weighted by atomic mass is 9.79. The lowest BCUT2D eigenvalue weighted by molar-refractivity contribution is -0.0276. The summed E-state index contributed by atoms with van der Waals surface area (Å²) in [6.45, 7) is 17.3. The van der Waals surface area contributed by atoms with E-state index in [0.29, 0.717) is 11.1 Å². The van der Waals surface area contributed by atoms with E-state index in [2.05, 4.69) is 39.5 Å². The van der Waals surface area contributed by atoms with E-state index in [9.17, 15) is 0 Å². The van der Waals surface area contributed by atoms with Crippen LogP contribution in [0.25, 0.3) is 0 Å². The van der Waals surface area contributed by atoms with E-state index in [1.165, 1.54) is 51.5 Å². The molecule has 0 radical (unpaired) electrons. The Bertz CT molecular complexity index is 190. The van der Waals surface area contributed by atoms with Gasteiger partial charge < -0.3 is 0 Å². The molecular weight excluding hydrogens is 218 g/mol. The maximum Gasteiger partial charge on any atom is 0.0158 e. The molecule has 0 aromatic carbocycles. The van der Waals surface area contributed by atoms with Crippen molar-refractivity contribution in [1.29, 1.82) is 0 Å². The van der Waals surface area contributed by atoms with Crippen LogP contribution >= 0.6 is 0 Å². The van der Waals surface area contributed by atoms with Gasteiger partial charge in [0, 0.05) is 11.1 Å². The number of rotatable bonds is 5. The topological polar surface area (TPSA) is 3.24 Å². The Hall–Kier alpha value is -0.0400. The van der Waals surface area contributed by atoms with Gasteiger partial charge in [-0.1, -0.05) is 40.0 Å². The fourth-order valence-corrected chi connectivity index (χ4v) is 3.34. The van der Waals surface area contributed by atoms with Crippen molar-refractivity contribution in [3.05, 3.63) is 0 Å². The monoisotopic (exact) mass is 255 g/mol. The molecule has 1 heteroatoms. The maximum absolute atomic E-state index is 2.76. The molecule has 110 valence electrons. The molecule has 1 aliphatic heterocycles. The van der Waals surface area contributed by atoms with Gasteiger partial charge in [0.25, 0.3) is 0 Å². The minimum Gasteiger partial charge on any atom is -0.293 e. The minimum absolute atomic E-state index is 0.411. The molecule has 1 heterocycles. The third-order valence-corrected chi connectivity index (χ3v) is 4.27. The van der Waals surface area contributed by atoms with Gasteiger partial charge >= 0.3 is 0 Å². The van der Waals surface area contributed by atoms with E-state index < -0.39 is 0 Å². The zero-order valence-corrected chi connectivity index (χ0v) is 14.1. The zero-order chi connectivity index (χ0) is 14.2. The second-order valence-electron chi connectivity index (χ2n) is 6.69. The Morgan fingerprint density at radius 3 is 1.78 bits per heavy atom. The van der Waals surface area contributed by atoms with Crippen LogP contribution in [-0.2, 0) is 0 Å². The smallest absolute Gasteiger partial charge is 0.0158 e. The fraction of sp³-hybridized carbons (Fsp3) is 1.00. The molecule has 0 atom stereocenters. The first kappa shape index (κ1) is 18.0. The van der Waals surface area contributed by atoms with Crippen molar-refractivity contribution in [1.82, 2.24) is 4.90 Å². The first-order valence-corrected chi connectivity index (χ1v) is 8.18. The molecule has 0 aliphatic carbocycles. The van der Waals surface area contributed by atoms with Crippen LogP contribution in [0.4, 0.5) is 0 Å². The Kier molecular flexibility index (Phi) is 8.18. The number of nitrogens with zero attached hydrogens (tertiary/aromatic N) is 1. The quantitative estimate of drug-likeness (QED) is 0.575. The van der Waals surface area contributed by atoms with Gasteiger partial charge in [-0.25, -0.2) is 0 Å². The molecule has 18 heavy (non-hydrogen) atoms. The highest BCUT2D eigenvalue weighted by atomic mass is 15.3. The summed E-state index contributed by atoms with van der Waals surface area (Å²) in [4.78, 5) is 2.76. The molecule has 1 fully saturated rings. The average Bonchev–Trinajstić information content (AvgIpc) is 2.29. The van der Waals surface area contributed by atoms with Crippen LogP contribution in [0, 0.1) is 0 Å². The lowest BCUT2D eigenvalue weighted by Crippen LogP contribution is -2.58. The number of unbranched alkanes of at least 4 members (excludes halogenated alkanes) is 3. The summed E-state index contributed by atoms with van der Waals surface area (Å²) in [5.41, 5.74) is 0.821. The average molecular weight is 255 g/mol. The Labute approximate surface area is 116 Å². The van der Waals surface area contributed by atoms with Crippen molar-refractivity contribution >= 4 is 0 Å². The van der Waals surface area contributed by atoms with Gasteiger partial charge in [0.15, 0.2) is 0 Å². The van der Waals surface area contributed by atoms with Crippen molar-refractivity contribution in [3.8, 4) is 0 Å². The Morgan fingerprint density at radius 2 is 1.33 bits per heavy atom. The summed E-state index contributed by atoms with van der Waals surface area (Å²) in [5, 5.41) is 0. The summed E-state index contributed by atoms with van der Waals surface area (Å²) in [6, 6.07) is 0. The highest BCUT2D eigenvalue weighted by molar-refractivity contribution is 4.96. The third kappa shape index (κ3) is 5.30. The molecule has 0 unspecified atom stereocenters. The van der Waals surface area contributed by atoms with E-state index >= 15 is 0 Å². The van der Waals surface area contributed by atoms with Crippen molar-refractivity contribution in [2.24, 2.45) is 0 Å². The highest BCUT2D eigenvalue weighted by Crippen LogP contribution is 2.38. The van der Waals surface area contributed by atoms with Gasteiger partial charge in [0.2, 0.25) is 0 Å². The van der Waals surface area contributed by atoms with Crippen LogP contribution in [0.5, 0.6) is 0 Å². The molecule has 1 saturated heterocycles. The summed E-state index contributed by atoms with van der Waals surface area (Å²) in [5.74, 6) is 0. The summed E-state index contributed by atoms with van der Waals surface area (Å²) >= 11 is 0. The van der Waals surface area contributed by atoms with E-state index in [1.54, 1.807) is 0 Å². The third-order valence-electron chi connectivity index (χ3n) is 4.27. The van der Waals surface area contributed by atoms with Gasteiger partial charge in [-0.15, -0.1) is 0 Å². The maximum atomic E-state index is 2.76. The molecular formula is C17H37N. The van der Waals surface area contributed by atoms with Crippen LogP contribution in [-0.4, -0.2) is 22.5 Å². The van der Waals surface area contributed by atoms with Crippen molar-refractivity contribution in [2.45, 2.75) is 104 Å². The van der Waals surface area contributed by atoms with Gasteiger partial charge in [0.05, 0.1) is 0 Å². The number of piperidine rings is 1. The van der Waals surface area contributed by atoms with E-state index in [-0.39, 0.29) is 0 Å². The summed E-state index contributed by atoms with van der Waals surface area (Å²) in [6.07, 6.45) is 9.64. The lowest BCUT2D eigenvalue weighted by Gasteiger charge is -2.53. The van der Waals surface area contributed by atoms with E-state index in [4.69, 9.17) is 0 Å². The Morgan fingerprint density at radius 1 is 0.833 bits per heavy atom. The SMILES string of the molecule is CC.CCCCCCN1C(C)(C)CCCC1(C)C. The highest BCUT2D eigenvalue weighted by Gasteiger charge is 2.40. The van der Waals surface area contributed by atoms with Crippen LogP contribution < -0.4 is 0 Å². The molecule has 0 saturated carbocycles. The molecule has 0 bridgehead atoms. The first-order valence-electron chi connectivity index (χ1n) is 8.18. The van der Waals surface area contributed by atoms with Crippen molar-refractivity contribution in [3.63, 3.8) is 0 Å². The first-order chi connectivity index (χ1) is 8.40. The van der Waals surface area contributed by atoms with Crippen molar-refractivity contribution < 1.29 is 0 Å². The van der Waals surface area contributed by atoms with Crippen LogP contribution in [0.15, 0.2) is 0 Å². The molecule has 0 spiro atoms. The Balaban J connectivity index is 0.00000137. The van der Waals surface area contributed by atoms with E-state index in [1.807, 2.05) is 13.8 Å². The van der Waals surface area contributed by atoms with Gasteiger partial charge in [-0.3, -0.25) is 4.90 Å². The van der Waals surface area contributed by atoms with Crippen LogP contribution in [0.3, 0.4) is 0 Å². The van der Waals surface area contributed by atoms with E-state index in [0.717, 1.165) is 0 Å². The largest absolute Gasteiger partial charge is 0.293 e. The normalized spacial score (nSPS) is 22.2. The summed E-state index contributed by atoms with van der Waals surface area (Å²) < 4.78 is 0. The van der Waals surface area contributed by atoms with Crippen molar-refractivity contribution in [2.75, 3.05) is 6.54 Å². The van der Waals surface area contributed by atoms with Gasteiger partial charge in [-0.2, -0.15) is 0 Å². The minimum atomic E-state index is 0.411. The number of hydrogen-bond donors (Lipinski definition) is 0. The fourth-order valence-electron chi connectivity index (χ4n) is 3.34. The molecule has 0 amide bonds. The molecule has 0 aromatic rings. The zero-order valence-electron chi connectivity index (χ0n) is 14.1. The van der Waals surface area contributed by atoms with Gasteiger partial charge in [-0.05, 0) is 59.9 Å². The second kappa shape index (κ2) is 8.19. The predicted molar refractivity (Wildman–Crippen MR) is 84.2 cm³/mol. The number of likely N-dealkylation sites (tertiary alicyclic amines) is 1. The molecule has 1 nitrogen and oxygen atoms in total. The van der Waals surface area contributed by atoms with Gasteiger partial charge in [0.1, 0.15) is 0 Å². The molecule has 1 rings (SSSR count). The number of hydrogen-bond acceptors (Lipinski definition) is 1.